The number of hydrogen-bond acceptors (Lipinski definition) is 2. The van der Waals surface area contributed by atoms with E-state index >= 15 is 0 Å². The van der Waals surface area contributed by atoms with Crippen molar-refractivity contribution in [3.63, 3.8) is 0 Å². The molecule has 3 rings (SSSR count). The number of hydrogen-bond donors (Lipinski definition) is 1. The SMILES string of the molecule is NC1(C2=Nc3cc(C(F)(F)F)cc(C(F)(F)F)c3C2)CCCCC1. The van der Waals surface area contributed by atoms with Crippen molar-refractivity contribution in [2.24, 2.45) is 10.7 Å². The average molecular weight is 350 g/mol. The molecule has 8 heteroatoms. The van der Waals surface area contributed by atoms with Crippen LogP contribution in [0, 0.1) is 0 Å². The summed E-state index contributed by atoms with van der Waals surface area (Å²) in [6.45, 7) is 0. The minimum Gasteiger partial charge on any atom is -0.320 e. The van der Waals surface area contributed by atoms with Gasteiger partial charge in [0.2, 0.25) is 0 Å². The Kier molecular flexibility index (Phi) is 3.94. The second-order valence-electron chi connectivity index (χ2n) is 6.47. The van der Waals surface area contributed by atoms with E-state index in [1.807, 2.05) is 0 Å². The summed E-state index contributed by atoms with van der Waals surface area (Å²) in [6.07, 6.45) is -6.02. The molecule has 1 aliphatic heterocycles. The molecule has 2 aliphatic rings. The molecule has 1 aromatic rings. The second-order valence-corrected chi connectivity index (χ2v) is 6.47. The molecule has 2 nitrogen and oxygen atoms in total. The standard InChI is InChI=1S/C16H16F6N2/c17-15(18,19)9-6-11(16(20,21)22)10-8-13(24-12(10)7-9)14(23)4-2-1-3-5-14/h6-7H,1-5,8,23H2. The Morgan fingerprint density at radius 2 is 1.54 bits per heavy atom. The molecule has 0 atom stereocenters. The molecule has 1 fully saturated rings. The lowest BCUT2D eigenvalue weighted by Crippen LogP contribution is -2.49. The Hall–Kier alpha value is -1.57. The highest BCUT2D eigenvalue weighted by Crippen LogP contribution is 2.45. The van der Waals surface area contributed by atoms with Crippen LogP contribution in [0.4, 0.5) is 32.0 Å². The minimum absolute atomic E-state index is 0.140. The van der Waals surface area contributed by atoms with E-state index in [1.165, 1.54) is 0 Å². The molecule has 132 valence electrons. The van der Waals surface area contributed by atoms with Crippen LogP contribution in [0.25, 0.3) is 0 Å². The van der Waals surface area contributed by atoms with Crippen molar-refractivity contribution in [3.05, 3.63) is 28.8 Å². The number of aliphatic imine (C=N–C) groups is 1. The smallest absolute Gasteiger partial charge is 0.320 e. The molecule has 0 spiro atoms. The van der Waals surface area contributed by atoms with Crippen LogP contribution in [0.2, 0.25) is 0 Å². The van der Waals surface area contributed by atoms with Crippen molar-refractivity contribution in [2.75, 3.05) is 0 Å². The minimum atomic E-state index is -4.87. The highest BCUT2D eigenvalue weighted by Gasteiger charge is 2.43. The molecular formula is C16H16F6N2. The molecule has 0 unspecified atom stereocenters. The van der Waals surface area contributed by atoms with E-state index in [0.717, 1.165) is 19.3 Å². The summed E-state index contributed by atoms with van der Waals surface area (Å²) in [6, 6.07) is 0.852. The molecule has 1 aliphatic carbocycles. The first-order valence-corrected chi connectivity index (χ1v) is 7.69. The van der Waals surface area contributed by atoms with E-state index < -0.39 is 29.0 Å². The topological polar surface area (TPSA) is 38.4 Å². The summed E-state index contributed by atoms with van der Waals surface area (Å²) in [7, 11) is 0. The highest BCUT2D eigenvalue weighted by molar-refractivity contribution is 6.01. The van der Waals surface area contributed by atoms with Gasteiger partial charge in [0, 0.05) is 12.1 Å². The molecular weight excluding hydrogens is 334 g/mol. The monoisotopic (exact) mass is 350 g/mol. The molecule has 0 amide bonds. The third kappa shape index (κ3) is 3.03. The number of nitrogens with two attached hydrogens (primary N) is 1. The van der Waals surface area contributed by atoms with Crippen molar-refractivity contribution in [3.8, 4) is 0 Å². The van der Waals surface area contributed by atoms with Gasteiger partial charge in [-0.3, -0.25) is 4.99 Å². The number of alkyl halides is 6. The molecule has 1 saturated carbocycles. The second kappa shape index (κ2) is 5.47. The molecule has 0 radical (unpaired) electrons. The van der Waals surface area contributed by atoms with Crippen LogP contribution in [0.1, 0.15) is 48.8 Å². The molecule has 1 heterocycles. The Morgan fingerprint density at radius 1 is 0.917 bits per heavy atom. The quantitative estimate of drug-likeness (QED) is 0.710. The summed E-state index contributed by atoms with van der Waals surface area (Å²) in [5.41, 5.74) is 2.75. The Labute approximate surface area is 134 Å². The maximum absolute atomic E-state index is 13.2. The predicted molar refractivity (Wildman–Crippen MR) is 77.2 cm³/mol. The van der Waals surface area contributed by atoms with Gasteiger partial charge in [-0.25, -0.2) is 0 Å². The fraction of sp³-hybridized carbons (Fsp3) is 0.562. The van der Waals surface area contributed by atoms with Crippen LogP contribution in [-0.4, -0.2) is 11.3 Å². The van der Waals surface area contributed by atoms with Gasteiger partial charge in [-0.05, 0) is 30.5 Å². The maximum Gasteiger partial charge on any atom is 0.416 e. The lowest BCUT2D eigenvalue weighted by molar-refractivity contribution is -0.143. The van der Waals surface area contributed by atoms with Gasteiger partial charge in [0.15, 0.2) is 0 Å². The molecule has 0 saturated heterocycles. The van der Waals surface area contributed by atoms with Crippen LogP contribution in [0.15, 0.2) is 17.1 Å². The number of benzene rings is 1. The lowest BCUT2D eigenvalue weighted by Gasteiger charge is -2.33. The van der Waals surface area contributed by atoms with Crippen LogP contribution < -0.4 is 5.73 Å². The van der Waals surface area contributed by atoms with E-state index in [2.05, 4.69) is 4.99 Å². The van der Waals surface area contributed by atoms with E-state index in [1.54, 1.807) is 0 Å². The van der Waals surface area contributed by atoms with Gasteiger partial charge >= 0.3 is 12.4 Å². The van der Waals surface area contributed by atoms with Crippen LogP contribution in [0.3, 0.4) is 0 Å². The summed E-state index contributed by atoms with van der Waals surface area (Å²) in [4.78, 5) is 4.09. The van der Waals surface area contributed by atoms with Crippen molar-refractivity contribution in [1.82, 2.24) is 0 Å². The number of nitrogens with zero attached hydrogens (tertiary/aromatic N) is 1. The molecule has 24 heavy (non-hydrogen) atoms. The van der Waals surface area contributed by atoms with Gasteiger partial charge in [-0.1, -0.05) is 19.3 Å². The van der Waals surface area contributed by atoms with Gasteiger partial charge in [0.1, 0.15) is 0 Å². The number of fused-ring (bicyclic) bond motifs is 1. The molecule has 2 N–H and O–H groups in total. The van der Waals surface area contributed by atoms with Crippen LogP contribution in [-0.2, 0) is 18.8 Å². The van der Waals surface area contributed by atoms with Gasteiger partial charge in [-0.15, -0.1) is 0 Å². The summed E-state index contributed by atoms with van der Waals surface area (Å²) < 4.78 is 78.4. The third-order valence-corrected chi connectivity index (χ3v) is 4.78. The highest BCUT2D eigenvalue weighted by atomic mass is 19.4. The largest absolute Gasteiger partial charge is 0.416 e. The molecule has 1 aromatic carbocycles. The predicted octanol–water partition coefficient (Wildman–Crippen LogP) is 5.01. The fourth-order valence-electron chi connectivity index (χ4n) is 3.47. The number of halogens is 6. The normalized spacial score (nSPS) is 20.7. The van der Waals surface area contributed by atoms with Gasteiger partial charge in [-0.2, -0.15) is 26.3 Å². The van der Waals surface area contributed by atoms with E-state index in [0.29, 0.717) is 24.6 Å². The van der Waals surface area contributed by atoms with Gasteiger partial charge in [0.25, 0.3) is 0 Å². The van der Waals surface area contributed by atoms with E-state index in [-0.39, 0.29) is 23.7 Å². The zero-order valence-corrected chi connectivity index (χ0v) is 12.7. The first-order chi connectivity index (χ1) is 11.0. The third-order valence-electron chi connectivity index (χ3n) is 4.78. The van der Waals surface area contributed by atoms with Crippen molar-refractivity contribution in [2.45, 2.75) is 56.4 Å². The molecule has 0 bridgehead atoms. The first-order valence-electron chi connectivity index (χ1n) is 7.69. The number of rotatable bonds is 1. The molecule has 0 aromatic heterocycles. The van der Waals surface area contributed by atoms with Crippen molar-refractivity contribution < 1.29 is 26.3 Å². The van der Waals surface area contributed by atoms with Crippen molar-refractivity contribution >= 4 is 11.4 Å². The zero-order valence-electron chi connectivity index (χ0n) is 12.7. The van der Waals surface area contributed by atoms with Crippen molar-refractivity contribution in [1.29, 1.82) is 0 Å². The lowest BCUT2D eigenvalue weighted by atomic mass is 9.77. The van der Waals surface area contributed by atoms with E-state index in [4.69, 9.17) is 5.73 Å². The Bertz CT molecular complexity index is 681. The summed E-state index contributed by atoms with van der Waals surface area (Å²) in [5, 5.41) is 0. The van der Waals surface area contributed by atoms with Crippen LogP contribution >= 0.6 is 0 Å². The maximum atomic E-state index is 13.2. The Balaban J connectivity index is 2.07. The Morgan fingerprint density at radius 3 is 2.08 bits per heavy atom. The first kappa shape index (κ1) is 17.3. The summed E-state index contributed by atoms with van der Waals surface area (Å²) >= 11 is 0. The average Bonchev–Trinajstić information content (AvgIpc) is 2.89. The summed E-state index contributed by atoms with van der Waals surface area (Å²) in [5.74, 6) is 0. The fourth-order valence-corrected chi connectivity index (χ4v) is 3.47. The van der Waals surface area contributed by atoms with Gasteiger partial charge < -0.3 is 5.73 Å². The van der Waals surface area contributed by atoms with Gasteiger partial charge in [0.05, 0.1) is 22.4 Å². The van der Waals surface area contributed by atoms with Crippen LogP contribution in [0.5, 0.6) is 0 Å². The van der Waals surface area contributed by atoms with E-state index in [9.17, 15) is 26.3 Å². The zero-order chi connectivity index (χ0) is 17.8.